The second kappa shape index (κ2) is 3.60. The van der Waals surface area contributed by atoms with Crippen molar-refractivity contribution in [3.05, 3.63) is 12.2 Å². The number of aliphatic hydroxyl groups is 3. The third-order valence-corrected chi connectivity index (χ3v) is 0.847. The molecule has 0 saturated carbocycles. The quantitative estimate of drug-likeness (QED) is 0.412. The molecule has 0 fully saturated rings. The first-order valence-corrected chi connectivity index (χ1v) is 2.29. The molecule has 0 saturated heterocycles. The standard InChI is InChI=1S/C5H10O3/c1-4(2-6)5(8)3-7/h5-8H,1-3H2/t5-/m0/s1. The van der Waals surface area contributed by atoms with Gasteiger partial charge in [-0.3, -0.25) is 0 Å². The fraction of sp³-hybridized carbons (Fsp3) is 0.600. The molecule has 0 amide bonds. The maximum Gasteiger partial charge on any atom is 0.1000 e. The molecule has 0 aliphatic carbocycles. The van der Waals surface area contributed by atoms with E-state index in [4.69, 9.17) is 15.3 Å². The summed E-state index contributed by atoms with van der Waals surface area (Å²) in [5.41, 5.74) is 0.243. The molecule has 48 valence electrons. The number of rotatable bonds is 3. The second-order valence-corrected chi connectivity index (χ2v) is 1.51. The summed E-state index contributed by atoms with van der Waals surface area (Å²) in [7, 11) is 0. The highest BCUT2D eigenvalue weighted by atomic mass is 16.3. The Labute approximate surface area is 47.9 Å². The van der Waals surface area contributed by atoms with Crippen LogP contribution >= 0.6 is 0 Å². The van der Waals surface area contributed by atoms with Crippen molar-refractivity contribution in [2.24, 2.45) is 0 Å². The topological polar surface area (TPSA) is 60.7 Å². The summed E-state index contributed by atoms with van der Waals surface area (Å²) in [4.78, 5) is 0. The summed E-state index contributed by atoms with van der Waals surface area (Å²) in [6, 6.07) is 0. The molecule has 0 bridgehead atoms. The van der Waals surface area contributed by atoms with E-state index in [-0.39, 0.29) is 18.8 Å². The lowest BCUT2D eigenvalue weighted by Crippen LogP contribution is -2.16. The predicted octanol–water partition coefficient (Wildman–Crippen LogP) is -1.11. The second-order valence-electron chi connectivity index (χ2n) is 1.51. The lowest BCUT2D eigenvalue weighted by Gasteiger charge is -2.05. The first-order valence-electron chi connectivity index (χ1n) is 2.29. The van der Waals surface area contributed by atoms with E-state index < -0.39 is 6.10 Å². The fourth-order valence-corrected chi connectivity index (χ4v) is 0.234. The zero-order chi connectivity index (χ0) is 6.57. The average Bonchev–Trinajstić information content (AvgIpc) is 1.84. The third-order valence-electron chi connectivity index (χ3n) is 0.847. The minimum Gasteiger partial charge on any atom is -0.393 e. The van der Waals surface area contributed by atoms with E-state index in [0.717, 1.165) is 0 Å². The highest BCUT2D eigenvalue weighted by Crippen LogP contribution is 1.94. The average molecular weight is 118 g/mol. The summed E-state index contributed by atoms with van der Waals surface area (Å²) in [5, 5.41) is 25.1. The van der Waals surface area contributed by atoms with E-state index in [1.54, 1.807) is 0 Å². The molecular weight excluding hydrogens is 108 g/mol. The van der Waals surface area contributed by atoms with E-state index in [1.807, 2.05) is 0 Å². The van der Waals surface area contributed by atoms with Gasteiger partial charge in [0.1, 0.15) is 0 Å². The van der Waals surface area contributed by atoms with Crippen LogP contribution in [0.25, 0.3) is 0 Å². The molecule has 0 aromatic rings. The van der Waals surface area contributed by atoms with Gasteiger partial charge in [0, 0.05) is 0 Å². The lowest BCUT2D eigenvalue weighted by atomic mass is 10.2. The highest BCUT2D eigenvalue weighted by Gasteiger charge is 2.03. The predicted molar refractivity (Wildman–Crippen MR) is 29.3 cm³/mol. The monoisotopic (exact) mass is 118 g/mol. The van der Waals surface area contributed by atoms with Crippen molar-refractivity contribution in [1.29, 1.82) is 0 Å². The highest BCUT2D eigenvalue weighted by molar-refractivity contribution is 5.00. The Hall–Kier alpha value is -0.380. The molecule has 0 aliphatic rings. The third kappa shape index (κ3) is 2.07. The van der Waals surface area contributed by atoms with Crippen molar-refractivity contribution in [2.75, 3.05) is 13.2 Å². The van der Waals surface area contributed by atoms with Gasteiger partial charge in [0.25, 0.3) is 0 Å². The molecule has 1 atom stereocenters. The van der Waals surface area contributed by atoms with Gasteiger partial charge in [0.2, 0.25) is 0 Å². The molecule has 0 aromatic carbocycles. The summed E-state index contributed by atoms with van der Waals surface area (Å²) in [5.74, 6) is 0. The lowest BCUT2D eigenvalue weighted by molar-refractivity contribution is 0.112. The smallest absolute Gasteiger partial charge is 0.1000 e. The van der Waals surface area contributed by atoms with Crippen LogP contribution in [0.1, 0.15) is 0 Å². The SMILES string of the molecule is C=C(CO)[C@@H](O)CO. The first kappa shape index (κ1) is 7.62. The fourth-order valence-electron chi connectivity index (χ4n) is 0.234. The molecule has 0 spiro atoms. The van der Waals surface area contributed by atoms with Crippen LogP contribution in [0.2, 0.25) is 0 Å². The van der Waals surface area contributed by atoms with Gasteiger partial charge >= 0.3 is 0 Å². The van der Waals surface area contributed by atoms with Crippen molar-refractivity contribution in [2.45, 2.75) is 6.10 Å². The van der Waals surface area contributed by atoms with Crippen molar-refractivity contribution in [1.82, 2.24) is 0 Å². The minimum absolute atomic E-state index is 0.243. The first-order chi connectivity index (χ1) is 3.72. The van der Waals surface area contributed by atoms with Crippen molar-refractivity contribution >= 4 is 0 Å². The van der Waals surface area contributed by atoms with Crippen LogP contribution in [0.5, 0.6) is 0 Å². The Morgan fingerprint density at radius 3 is 2.12 bits per heavy atom. The Morgan fingerprint density at radius 2 is 2.00 bits per heavy atom. The van der Waals surface area contributed by atoms with Crippen LogP contribution in [0.15, 0.2) is 12.2 Å². The molecule has 0 radical (unpaired) electrons. The summed E-state index contributed by atoms with van der Waals surface area (Å²) < 4.78 is 0. The maximum atomic E-state index is 8.62. The number of aliphatic hydroxyl groups excluding tert-OH is 3. The summed E-state index contributed by atoms with van der Waals surface area (Å²) in [6.45, 7) is 2.63. The van der Waals surface area contributed by atoms with Gasteiger partial charge in [-0.2, -0.15) is 0 Å². The number of hydrogen-bond donors (Lipinski definition) is 3. The van der Waals surface area contributed by atoms with E-state index in [9.17, 15) is 0 Å². The van der Waals surface area contributed by atoms with Crippen molar-refractivity contribution in [3.8, 4) is 0 Å². The Bertz CT molecular complexity index is 79.7. The van der Waals surface area contributed by atoms with Crippen molar-refractivity contribution < 1.29 is 15.3 Å². The molecular formula is C5H10O3. The van der Waals surface area contributed by atoms with Gasteiger partial charge in [-0.05, 0) is 5.57 Å². The van der Waals surface area contributed by atoms with E-state index in [0.29, 0.717) is 0 Å². The zero-order valence-electron chi connectivity index (χ0n) is 4.54. The van der Waals surface area contributed by atoms with Crippen LogP contribution in [0.3, 0.4) is 0 Å². The van der Waals surface area contributed by atoms with Gasteiger partial charge < -0.3 is 15.3 Å². The van der Waals surface area contributed by atoms with Crippen LogP contribution in [0, 0.1) is 0 Å². The molecule has 3 nitrogen and oxygen atoms in total. The Kier molecular flexibility index (Phi) is 3.43. The van der Waals surface area contributed by atoms with Gasteiger partial charge in [-0.15, -0.1) is 0 Å². The molecule has 8 heavy (non-hydrogen) atoms. The maximum absolute atomic E-state index is 8.62. The minimum atomic E-state index is -0.972. The molecule has 0 heterocycles. The van der Waals surface area contributed by atoms with Gasteiger partial charge in [-0.25, -0.2) is 0 Å². The van der Waals surface area contributed by atoms with Crippen LogP contribution < -0.4 is 0 Å². The van der Waals surface area contributed by atoms with Crippen LogP contribution in [-0.2, 0) is 0 Å². The Balaban J connectivity index is 3.46. The number of hydrogen-bond acceptors (Lipinski definition) is 3. The van der Waals surface area contributed by atoms with E-state index in [1.165, 1.54) is 0 Å². The van der Waals surface area contributed by atoms with E-state index >= 15 is 0 Å². The normalized spacial score (nSPS) is 13.4. The van der Waals surface area contributed by atoms with Crippen LogP contribution in [0.4, 0.5) is 0 Å². The van der Waals surface area contributed by atoms with Gasteiger partial charge in [0.05, 0.1) is 19.3 Å². The summed E-state index contributed by atoms with van der Waals surface area (Å²) >= 11 is 0. The van der Waals surface area contributed by atoms with Gasteiger partial charge in [0.15, 0.2) is 0 Å². The van der Waals surface area contributed by atoms with Crippen molar-refractivity contribution in [3.63, 3.8) is 0 Å². The molecule has 0 rings (SSSR count). The Morgan fingerprint density at radius 1 is 1.50 bits per heavy atom. The molecule has 3 heteroatoms. The van der Waals surface area contributed by atoms with Gasteiger partial charge in [-0.1, -0.05) is 6.58 Å². The molecule has 3 N–H and O–H groups in total. The van der Waals surface area contributed by atoms with E-state index in [2.05, 4.69) is 6.58 Å². The molecule has 0 aliphatic heterocycles. The molecule has 0 unspecified atom stereocenters. The molecule has 0 aromatic heterocycles. The largest absolute Gasteiger partial charge is 0.393 e. The van der Waals surface area contributed by atoms with Crippen LogP contribution in [-0.4, -0.2) is 34.6 Å². The summed E-state index contributed by atoms with van der Waals surface area (Å²) in [6.07, 6.45) is -0.972. The zero-order valence-corrected chi connectivity index (χ0v) is 4.54.